The van der Waals surface area contributed by atoms with E-state index in [4.69, 9.17) is 4.74 Å². The number of methoxy groups -OCH3 is 1. The minimum absolute atomic E-state index is 0.211. The molecule has 0 aliphatic carbocycles. The fourth-order valence-electron chi connectivity index (χ4n) is 1.37. The molecule has 0 bridgehead atoms. The van der Waals surface area contributed by atoms with Crippen LogP contribution in [-0.2, 0) is 0 Å². The lowest BCUT2D eigenvalue weighted by Crippen LogP contribution is -1.92. The van der Waals surface area contributed by atoms with Gasteiger partial charge >= 0.3 is 0 Å². The highest BCUT2D eigenvalue weighted by Gasteiger charge is 2.13. The first-order valence-electron chi connectivity index (χ1n) is 4.24. The van der Waals surface area contributed by atoms with E-state index < -0.39 is 5.82 Å². The van der Waals surface area contributed by atoms with Crippen LogP contribution >= 0.6 is 15.9 Å². The molecule has 1 N–H and O–H groups in total. The molecule has 15 heavy (non-hydrogen) atoms. The molecule has 3 nitrogen and oxygen atoms in total. The quantitative estimate of drug-likeness (QED) is 0.911. The second-order valence-corrected chi connectivity index (χ2v) is 3.85. The van der Waals surface area contributed by atoms with E-state index in [1.807, 2.05) is 0 Å². The lowest BCUT2D eigenvalue weighted by Gasteiger charge is -2.08. The molecule has 0 unspecified atom stereocenters. The molecule has 1 heterocycles. The van der Waals surface area contributed by atoms with Crippen LogP contribution in [0.3, 0.4) is 0 Å². The summed E-state index contributed by atoms with van der Waals surface area (Å²) >= 11 is 3.23. The zero-order valence-corrected chi connectivity index (χ0v) is 9.51. The molecule has 0 atom stereocenters. The fourth-order valence-corrected chi connectivity index (χ4v) is 1.80. The van der Waals surface area contributed by atoms with Gasteiger partial charge in [-0.05, 0) is 12.1 Å². The number of hydrogen-bond donors (Lipinski definition) is 1. The molecule has 0 saturated carbocycles. The Morgan fingerprint density at radius 2 is 2.27 bits per heavy atom. The molecule has 5 heteroatoms. The number of rotatable bonds is 2. The van der Waals surface area contributed by atoms with E-state index >= 15 is 0 Å². The van der Waals surface area contributed by atoms with Gasteiger partial charge in [0.15, 0.2) is 11.6 Å². The summed E-state index contributed by atoms with van der Waals surface area (Å²) in [5.74, 6) is -0.195. The molecule has 0 saturated heterocycles. The number of aromatic nitrogens is 2. The lowest BCUT2D eigenvalue weighted by molar-refractivity contribution is 0.388. The van der Waals surface area contributed by atoms with Crippen molar-refractivity contribution in [1.82, 2.24) is 9.97 Å². The normalized spacial score (nSPS) is 10.3. The predicted octanol–water partition coefficient (Wildman–Crippen LogP) is 2.99. The van der Waals surface area contributed by atoms with Gasteiger partial charge in [-0.3, -0.25) is 0 Å². The van der Waals surface area contributed by atoms with Crippen LogP contribution in [0.1, 0.15) is 0 Å². The topological polar surface area (TPSA) is 37.9 Å². The van der Waals surface area contributed by atoms with Gasteiger partial charge in [-0.2, -0.15) is 0 Å². The minimum Gasteiger partial charge on any atom is -0.493 e. The van der Waals surface area contributed by atoms with Gasteiger partial charge in [0, 0.05) is 10.0 Å². The first-order valence-corrected chi connectivity index (χ1v) is 5.03. The van der Waals surface area contributed by atoms with Crippen molar-refractivity contribution in [2.45, 2.75) is 0 Å². The molecule has 0 aliphatic rings. The van der Waals surface area contributed by atoms with Crippen molar-refractivity contribution < 1.29 is 9.13 Å². The van der Waals surface area contributed by atoms with Gasteiger partial charge in [-0.15, -0.1) is 0 Å². The molecule has 0 fully saturated rings. The summed E-state index contributed by atoms with van der Waals surface area (Å²) in [6, 6.07) is 3.13. The Balaban J connectivity index is 2.64. The van der Waals surface area contributed by atoms with Crippen molar-refractivity contribution in [3.8, 4) is 17.0 Å². The first kappa shape index (κ1) is 10.2. The van der Waals surface area contributed by atoms with Gasteiger partial charge in [0.25, 0.3) is 0 Å². The highest BCUT2D eigenvalue weighted by atomic mass is 79.9. The summed E-state index contributed by atoms with van der Waals surface area (Å²) in [6.07, 6.45) is 3.15. The summed E-state index contributed by atoms with van der Waals surface area (Å²) < 4.78 is 19.2. The average molecular weight is 271 g/mol. The molecule has 0 amide bonds. The number of aromatic amines is 1. The Labute approximate surface area is 94.4 Å². The van der Waals surface area contributed by atoms with Gasteiger partial charge in [0.1, 0.15) is 0 Å². The fraction of sp³-hybridized carbons (Fsp3) is 0.100. The minimum atomic E-state index is -0.406. The van der Waals surface area contributed by atoms with E-state index in [1.165, 1.54) is 19.5 Å². The summed E-state index contributed by atoms with van der Waals surface area (Å²) in [7, 11) is 1.44. The summed E-state index contributed by atoms with van der Waals surface area (Å²) in [5, 5.41) is 0. The second-order valence-electron chi connectivity index (χ2n) is 2.93. The number of imidazole rings is 1. The van der Waals surface area contributed by atoms with Crippen molar-refractivity contribution in [3.63, 3.8) is 0 Å². The van der Waals surface area contributed by atoms with E-state index in [-0.39, 0.29) is 5.75 Å². The molecule has 2 rings (SSSR count). The number of nitrogens with one attached hydrogen (secondary N) is 1. The molecule has 1 aromatic carbocycles. The van der Waals surface area contributed by atoms with Gasteiger partial charge in [0.05, 0.1) is 25.3 Å². The Morgan fingerprint density at radius 3 is 2.87 bits per heavy atom. The third kappa shape index (κ3) is 1.87. The SMILES string of the molecule is COc1c(F)cc(Br)cc1-c1cnc[nH]1. The predicted molar refractivity (Wildman–Crippen MR) is 58.2 cm³/mol. The van der Waals surface area contributed by atoms with Crippen LogP contribution in [0.25, 0.3) is 11.3 Å². The number of hydrogen-bond acceptors (Lipinski definition) is 2. The van der Waals surface area contributed by atoms with E-state index in [1.54, 1.807) is 12.3 Å². The number of benzene rings is 1. The highest BCUT2D eigenvalue weighted by molar-refractivity contribution is 9.10. The van der Waals surface area contributed by atoms with E-state index in [0.717, 1.165) is 0 Å². The zero-order chi connectivity index (χ0) is 10.8. The number of ether oxygens (including phenoxy) is 1. The van der Waals surface area contributed by atoms with Crippen LogP contribution in [-0.4, -0.2) is 17.1 Å². The molecule has 78 valence electrons. The standard InChI is InChI=1S/C10H8BrFN2O/c1-15-10-7(9-4-13-5-14-9)2-6(11)3-8(10)12/h2-5H,1H3,(H,13,14). The number of nitrogens with zero attached hydrogens (tertiary/aromatic N) is 1. The first-order chi connectivity index (χ1) is 7.22. The zero-order valence-electron chi connectivity index (χ0n) is 7.92. The van der Waals surface area contributed by atoms with Crippen LogP contribution < -0.4 is 4.74 Å². The molecule has 0 spiro atoms. The molecular weight excluding hydrogens is 263 g/mol. The Bertz CT molecular complexity index is 471. The van der Waals surface area contributed by atoms with Crippen LogP contribution in [0.15, 0.2) is 29.1 Å². The average Bonchev–Trinajstić information content (AvgIpc) is 2.69. The number of H-pyrrole nitrogens is 1. The molecule has 0 aliphatic heterocycles. The van der Waals surface area contributed by atoms with Crippen LogP contribution in [0.4, 0.5) is 4.39 Å². The van der Waals surface area contributed by atoms with Crippen molar-refractivity contribution in [1.29, 1.82) is 0 Å². The van der Waals surface area contributed by atoms with Gasteiger partial charge in [-0.1, -0.05) is 15.9 Å². The second kappa shape index (κ2) is 4.02. The smallest absolute Gasteiger partial charge is 0.166 e. The molecule has 1 aromatic heterocycles. The largest absolute Gasteiger partial charge is 0.493 e. The van der Waals surface area contributed by atoms with Crippen LogP contribution in [0.5, 0.6) is 5.75 Å². The van der Waals surface area contributed by atoms with E-state index in [2.05, 4.69) is 25.9 Å². The third-order valence-electron chi connectivity index (χ3n) is 2.00. The van der Waals surface area contributed by atoms with Crippen LogP contribution in [0.2, 0.25) is 0 Å². The Hall–Kier alpha value is -1.36. The van der Waals surface area contributed by atoms with Crippen molar-refractivity contribution in [2.75, 3.05) is 7.11 Å². The maximum atomic E-state index is 13.5. The van der Waals surface area contributed by atoms with Crippen molar-refractivity contribution in [2.24, 2.45) is 0 Å². The Morgan fingerprint density at radius 1 is 1.47 bits per heavy atom. The summed E-state index contributed by atoms with van der Waals surface area (Å²) in [4.78, 5) is 6.79. The molecule has 2 aromatic rings. The molecular formula is C10H8BrFN2O. The monoisotopic (exact) mass is 270 g/mol. The van der Waals surface area contributed by atoms with Crippen molar-refractivity contribution >= 4 is 15.9 Å². The van der Waals surface area contributed by atoms with E-state index in [9.17, 15) is 4.39 Å². The highest BCUT2D eigenvalue weighted by Crippen LogP contribution is 2.33. The van der Waals surface area contributed by atoms with Crippen LogP contribution in [0, 0.1) is 5.82 Å². The maximum absolute atomic E-state index is 13.5. The molecule has 0 radical (unpaired) electrons. The van der Waals surface area contributed by atoms with E-state index in [0.29, 0.717) is 15.7 Å². The van der Waals surface area contributed by atoms with Crippen molar-refractivity contribution in [3.05, 3.63) is 34.9 Å². The Kier molecular flexibility index (Phi) is 2.73. The summed E-state index contributed by atoms with van der Waals surface area (Å²) in [6.45, 7) is 0. The van der Waals surface area contributed by atoms with Gasteiger partial charge < -0.3 is 9.72 Å². The summed E-state index contributed by atoms with van der Waals surface area (Å²) in [5.41, 5.74) is 1.36. The number of halogens is 2. The third-order valence-corrected chi connectivity index (χ3v) is 2.46. The maximum Gasteiger partial charge on any atom is 0.166 e. The van der Waals surface area contributed by atoms with Gasteiger partial charge in [-0.25, -0.2) is 9.37 Å². The lowest BCUT2D eigenvalue weighted by atomic mass is 10.1. The van der Waals surface area contributed by atoms with Gasteiger partial charge in [0.2, 0.25) is 0 Å².